The number of anilines is 1. The third kappa shape index (κ3) is 4.33. The van der Waals surface area contributed by atoms with E-state index in [-0.39, 0.29) is 6.03 Å². The Hall–Kier alpha value is -3.87. The number of aromatic nitrogens is 3. The number of hydrogen-bond donors (Lipinski definition) is 1. The second-order valence-electron chi connectivity index (χ2n) is 8.30. The summed E-state index contributed by atoms with van der Waals surface area (Å²) in [7, 11) is 2.06. The van der Waals surface area contributed by atoms with Gasteiger partial charge in [-0.15, -0.1) is 0 Å². The third-order valence-corrected chi connectivity index (χ3v) is 7.01. The zero-order chi connectivity index (χ0) is 23.7. The number of thiazole rings is 1. The molecular weight excluding hydrogens is 446 g/mol. The first-order valence-corrected chi connectivity index (χ1v) is 11.8. The molecule has 5 rings (SSSR count). The van der Waals surface area contributed by atoms with E-state index >= 15 is 0 Å². The fraction of sp³-hybridized carbons (Fsp3) is 0.240. The number of likely N-dealkylation sites (N-methyl/N-ethyl adjacent to an activating group) is 1. The highest BCUT2D eigenvalue weighted by Crippen LogP contribution is 2.40. The molecule has 170 valence electrons. The van der Waals surface area contributed by atoms with Crippen molar-refractivity contribution in [2.24, 2.45) is 0 Å². The number of benzene rings is 2. The first-order valence-electron chi connectivity index (χ1n) is 11.0. The number of piperazine rings is 1. The summed E-state index contributed by atoms with van der Waals surface area (Å²) in [5.41, 5.74) is 4.84. The molecule has 8 nitrogen and oxygen atoms in total. The topological polar surface area (TPSA) is 98.0 Å². The van der Waals surface area contributed by atoms with Gasteiger partial charge in [-0.3, -0.25) is 5.32 Å². The first kappa shape index (κ1) is 21.9. The third-order valence-electron chi connectivity index (χ3n) is 5.99. The van der Waals surface area contributed by atoms with Gasteiger partial charge in [-0.05, 0) is 43.8 Å². The Morgan fingerprint density at radius 2 is 1.91 bits per heavy atom. The SMILES string of the molecule is Cc1ncnc2ccc(-c3sc(NC(=O)N4CCN(C)CC4)nc3-c3cccc(C#N)c3)cc12. The lowest BCUT2D eigenvalue weighted by Gasteiger charge is -2.32. The van der Waals surface area contributed by atoms with Crippen molar-refractivity contribution in [3.05, 3.63) is 60.0 Å². The fourth-order valence-electron chi connectivity index (χ4n) is 4.01. The average Bonchev–Trinajstić information content (AvgIpc) is 3.28. The van der Waals surface area contributed by atoms with E-state index in [1.165, 1.54) is 11.3 Å². The van der Waals surface area contributed by atoms with E-state index in [9.17, 15) is 10.1 Å². The number of nitrogens with zero attached hydrogens (tertiary/aromatic N) is 6. The smallest absolute Gasteiger partial charge is 0.322 e. The lowest BCUT2D eigenvalue weighted by Crippen LogP contribution is -2.48. The summed E-state index contributed by atoms with van der Waals surface area (Å²) in [6.07, 6.45) is 1.56. The maximum absolute atomic E-state index is 12.9. The molecule has 0 bridgehead atoms. The molecule has 9 heteroatoms. The molecule has 1 fully saturated rings. The highest BCUT2D eigenvalue weighted by molar-refractivity contribution is 7.19. The van der Waals surface area contributed by atoms with Crippen LogP contribution in [0.1, 0.15) is 11.3 Å². The number of hydrogen-bond acceptors (Lipinski definition) is 7. The van der Waals surface area contributed by atoms with Crippen molar-refractivity contribution in [1.82, 2.24) is 24.8 Å². The maximum Gasteiger partial charge on any atom is 0.323 e. The summed E-state index contributed by atoms with van der Waals surface area (Å²) < 4.78 is 0. The van der Waals surface area contributed by atoms with E-state index in [0.29, 0.717) is 23.8 Å². The van der Waals surface area contributed by atoms with Gasteiger partial charge in [0.15, 0.2) is 5.13 Å². The van der Waals surface area contributed by atoms with Crippen molar-refractivity contribution in [2.75, 3.05) is 38.5 Å². The Morgan fingerprint density at radius 3 is 2.71 bits per heavy atom. The zero-order valence-corrected chi connectivity index (χ0v) is 19.8. The Balaban J connectivity index is 1.56. The zero-order valence-electron chi connectivity index (χ0n) is 18.9. The minimum Gasteiger partial charge on any atom is -0.322 e. The van der Waals surface area contributed by atoms with Crippen molar-refractivity contribution in [3.63, 3.8) is 0 Å². The molecule has 0 spiro atoms. The Kier molecular flexibility index (Phi) is 5.92. The molecule has 0 atom stereocenters. The predicted octanol–water partition coefficient (Wildman–Crippen LogP) is 4.38. The number of aryl methyl sites for hydroxylation is 1. The van der Waals surface area contributed by atoms with E-state index in [0.717, 1.165) is 51.4 Å². The molecule has 0 unspecified atom stereocenters. The molecule has 2 aromatic heterocycles. The first-order chi connectivity index (χ1) is 16.5. The minimum absolute atomic E-state index is 0.145. The van der Waals surface area contributed by atoms with Gasteiger partial charge >= 0.3 is 6.03 Å². The summed E-state index contributed by atoms with van der Waals surface area (Å²) in [4.78, 5) is 31.3. The van der Waals surface area contributed by atoms with Crippen LogP contribution in [-0.4, -0.2) is 64.0 Å². The van der Waals surface area contributed by atoms with Crippen molar-refractivity contribution in [2.45, 2.75) is 6.92 Å². The highest BCUT2D eigenvalue weighted by Gasteiger charge is 2.22. The van der Waals surface area contributed by atoms with Crippen molar-refractivity contribution < 1.29 is 4.79 Å². The minimum atomic E-state index is -0.145. The number of rotatable bonds is 3. The molecule has 2 aromatic carbocycles. The molecule has 2 amide bonds. The monoisotopic (exact) mass is 469 g/mol. The molecule has 1 aliphatic rings. The van der Waals surface area contributed by atoms with Crippen LogP contribution >= 0.6 is 11.3 Å². The standard InChI is InChI=1S/C25H23N7OS/c1-16-20-13-19(6-7-21(20)28-15-27-16)23-22(18-5-3-4-17(12-18)14-26)29-24(34-23)30-25(33)32-10-8-31(2)9-11-32/h3-7,12-13,15H,8-11H2,1-2H3,(H,29,30,33). The molecule has 3 heterocycles. The van der Waals surface area contributed by atoms with Crippen molar-refractivity contribution >= 4 is 33.4 Å². The summed E-state index contributed by atoms with van der Waals surface area (Å²) in [6, 6.07) is 15.4. The van der Waals surface area contributed by atoms with Crippen LogP contribution in [0.4, 0.5) is 9.93 Å². The highest BCUT2D eigenvalue weighted by atomic mass is 32.1. The number of carbonyl (C=O) groups excluding carboxylic acids is 1. The van der Waals surface area contributed by atoms with Gasteiger partial charge in [0.05, 0.1) is 27.7 Å². The van der Waals surface area contributed by atoms with E-state index in [4.69, 9.17) is 4.98 Å². The molecule has 1 N–H and O–H groups in total. The normalized spacial score (nSPS) is 14.2. The van der Waals surface area contributed by atoms with Gasteiger partial charge in [0.25, 0.3) is 0 Å². The van der Waals surface area contributed by atoms with Crippen LogP contribution < -0.4 is 5.32 Å². The fourth-order valence-corrected chi connectivity index (χ4v) is 4.98. The second-order valence-corrected chi connectivity index (χ2v) is 9.30. The Labute approximate surface area is 201 Å². The molecule has 0 saturated carbocycles. The number of fused-ring (bicyclic) bond motifs is 1. The quantitative estimate of drug-likeness (QED) is 0.478. The molecule has 4 aromatic rings. The van der Waals surface area contributed by atoms with Crippen LogP contribution in [0.5, 0.6) is 0 Å². The predicted molar refractivity (Wildman–Crippen MR) is 134 cm³/mol. The Bertz CT molecular complexity index is 1420. The molecule has 0 aliphatic carbocycles. The lowest BCUT2D eigenvalue weighted by atomic mass is 10.0. The lowest BCUT2D eigenvalue weighted by molar-refractivity contribution is 0.164. The number of urea groups is 1. The molecule has 0 radical (unpaired) electrons. The number of amides is 2. The second kappa shape index (κ2) is 9.17. The molecule has 1 aliphatic heterocycles. The average molecular weight is 470 g/mol. The molecule has 34 heavy (non-hydrogen) atoms. The van der Waals surface area contributed by atoms with E-state index in [1.54, 1.807) is 12.4 Å². The van der Waals surface area contributed by atoms with Crippen molar-refractivity contribution in [1.29, 1.82) is 5.26 Å². The van der Waals surface area contributed by atoms with E-state index < -0.39 is 0 Å². The van der Waals surface area contributed by atoms with Gasteiger partial charge in [0, 0.05) is 42.8 Å². The number of carbonyl (C=O) groups is 1. The maximum atomic E-state index is 12.9. The van der Waals surface area contributed by atoms with Gasteiger partial charge in [-0.25, -0.2) is 19.7 Å². The van der Waals surface area contributed by atoms with E-state index in [2.05, 4.69) is 39.4 Å². The van der Waals surface area contributed by atoms with Crippen LogP contribution in [0.25, 0.3) is 32.6 Å². The van der Waals surface area contributed by atoms with Crippen LogP contribution in [0.15, 0.2) is 48.8 Å². The van der Waals surface area contributed by atoms with Gasteiger partial charge < -0.3 is 9.80 Å². The summed E-state index contributed by atoms with van der Waals surface area (Å²) >= 11 is 1.42. The largest absolute Gasteiger partial charge is 0.323 e. The van der Waals surface area contributed by atoms with Crippen LogP contribution in [0.3, 0.4) is 0 Å². The van der Waals surface area contributed by atoms with Gasteiger partial charge in [0.1, 0.15) is 6.33 Å². The van der Waals surface area contributed by atoms with Gasteiger partial charge in [-0.2, -0.15) is 5.26 Å². The van der Waals surface area contributed by atoms with Crippen LogP contribution in [0, 0.1) is 18.3 Å². The van der Waals surface area contributed by atoms with Gasteiger partial charge in [0.2, 0.25) is 0 Å². The molecular formula is C25H23N7OS. The van der Waals surface area contributed by atoms with Gasteiger partial charge in [-0.1, -0.05) is 29.5 Å². The van der Waals surface area contributed by atoms with Crippen LogP contribution in [0.2, 0.25) is 0 Å². The van der Waals surface area contributed by atoms with E-state index in [1.807, 2.05) is 42.2 Å². The summed E-state index contributed by atoms with van der Waals surface area (Å²) in [5, 5.41) is 13.9. The van der Waals surface area contributed by atoms with Crippen LogP contribution in [-0.2, 0) is 0 Å². The number of nitrogens with one attached hydrogen (secondary N) is 1. The van der Waals surface area contributed by atoms with Crippen molar-refractivity contribution in [3.8, 4) is 27.8 Å². The Morgan fingerprint density at radius 1 is 1.09 bits per heavy atom. The summed E-state index contributed by atoms with van der Waals surface area (Å²) in [6.45, 7) is 5.02. The number of nitriles is 1. The summed E-state index contributed by atoms with van der Waals surface area (Å²) in [5.74, 6) is 0. The molecule has 1 saturated heterocycles.